The first kappa shape index (κ1) is 14.9. The third-order valence-corrected chi connectivity index (χ3v) is 3.23. The van der Waals surface area contributed by atoms with Gasteiger partial charge in [-0.15, -0.1) is 0 Å². The molecule has 0 atom stereocenters. The Morgan fingerprint density at radius 2 is 2.15 bits per heavy atom. The second-order valence-corrected chi connectivity index (χ2v) is 4.90. The first-order valence-corrected chi connectivity index (χ1v) is 6.53. The van der Waals surface area contributed by atoms with Crippen LogP contribution in [0.2, 0.25) is 15.2 Å². The molecule has 0 aliphatic rings. The summed E-state index contributed by atoms with van der Waals surface area (Å²) in [6, 6.07) is 3.05. The van der Waals surface area contributed by atoms with Gasteiger partial charge < -0.3 is 10.1 Å². The average molecular weight is 336 g/mol. The molecule has 20 heavy (non-hydrogen) atoms. The lowest BCUT2D eigenvalue weighted by Gasteiger charge is -2.08. The molecule has 1 amide bonds. The van der Waals surface area contributed by atoms with Crippen molar-refractivity contribution in [1.82, 2.24) is 14.8 Å². The molecule has 0 radical (unpaired) electrons. The van der Waals surface area contributed by atoms with Crippen LogP contribution in [0.15, 0.2) is 18.3 Å². The summed E-state index contributed by atoms with van der Waals surface area (Å²) in [7, 11) is 1.70. The zero-order valence-corrected chi connectivity index (χ0v) is 12.5. The second kappa shape index (κ2) is 6.30. The van der Waals surface area contributed by atoms with Gasteiger partial charge in [-0.3, -0.25) is 9.48 Å². The lowest BCUT2D eigenvalue weighted by atomic mass is 10.5. The molecule has 0 aliphatic heterocycles. The first-order valence-electron chi connectivity index (χ1n) is 5.39. The zero-order valence-electron chi connectivity index (χ0n) is 10.2. The van der Waals surface area contributed by atoms with Gasteiger partial charge in [-0.05, 0) is 6.07 Å². The summed E-state index contributed by atoms with van der Waals surface area (Å²) in [5, 5.41) is 6.97. The van der Waals surface area contributed by atoms with Crippen molar-refractivity contribution < 1.29 is 9.53 Å². The SMILES string of the molecule is Cn1nccc1NC(=O)COc1nc(Cl)c(Cl)cc1Cl. The van der Waals surface area contributed by atoms with Gasteiger partial charge in [0.05, 0.1) is 11.2 Å². The number of pyridine rings is 1. The maximum absolute atomic E-state index is 11.7. The molecule has 0 spiro atoms. The van der Waals surface area contributed by atoms with E-state index in [2.05, 4.69) is 15.4 Å². The lowest BCUT2D eigenvalue weighted by molar-refractivity contribution is -0.118. The minimum absolute atomic E-state index is 0.0428. The number of hydrogen-bond acceptors (Lipinski definition) is 4. The van der Waals surface area contributed by atoms with Crippen LogP contribution in [0.5, 0.6) is 5.88 Å². The number of nitrogens with zero attached hydrogens (tertiary/aromatic N) is 3. The number of aromatic nitrogens is 3. The molecule has 1 N–H and O–H groups in total. The highest BCUT2D eigenvalue weighted by atomic mass is 35.5. The van der Waals surface area contributed by atoms with Crippen molar-refractivity contribution in [3.63, 3.8) is 0 Å². The van der Waals surface area contributed by atoms with Crippen LogP contribution in [-0.2, 0) is 11.8 Å². The van der Waals surface area contributed by atoms with Gasteiger partial charge in [0.2, 0.25) is 5.88 Å². The number of halogens is 3. The Bertz CT molecular complexity index is 645. The Balaban J connectivity index is 1.97. The van der Waals surface area contributed by atoms with Crippen LogP contribution in [0.3, 0.4) is 0 Å². The van der Waals surface area contributed by atoms with Crippen LogP contribution in [0.4, 0.5) is 5.82 Å². The first-order chi connectivity index (χ1) is 9.47. The number of carbonyl (C=O) groups is 1. The molecule has 106 valence electrons. The molecule has 2 aromatic heterocycles. The van der Waals surface area contributed by atoms with E-state index in [0.29, 0.717) is 5.82 Å². The number of rotatable bonds is 4. The van der Waals surface area contributed by atoms with E-state index < -0.39 is 0 Å². The number of nitrogens with one attached hydrogen (secondary N) is 1. The van der Waals surface area contributed by atoms with Gasteiger partial charge >= 0.3 is 0 Å². The summed E-state index contributed by atoms with van der Waals surface area (Å²) in [4.78, 5) is 15.5. The third-order valence-electron chi connectivity index (χ3n) is 2.28. The van der Waals surface area contributed by atoms with Gasteiger partial charge in [-0.25, -0.2) is 0 Å². The summed E-state index contributed by atoms with van der Waals surface area (Å²) in [6.07, 6.45) is 1.56. The van der Waals surface area contributed by atoms with Crippen molar-refractivity contribution in [1.29, 1.82) is 0 Å². The van der Waals surface area contributed by atoms with Crippen LogP contribution in [0, 0.1) is 0 Å². The number of ether oxygens (including phenoxy) is 1. The highest BCUT2D eigenvalue weighted by Crippen LogP contribution is 2.30. The predicted molar refractivity (Wildman–Crippen MR) is 76.6 cm³/mol. The standard InChI is InChI=1S/C11H9Cl3N4O2/c1-18-8(2-3-15-18)16-9(19)5-20-11-7(13)4-6(12)10(14)17-11/h2-4H,5H2,1H3,(H,16,19). The summed E-state index contributed by atoms with van der Waals surface area (Å²) in [6.45, 7) is -0.268. The number of aryl methyl sites for hydroxylation is 1. The van der Waals surface area contributed by atoms with E-state index in [1.54, 1.807) is 19.3 Å². The van der Waals surface area contributed by atoms with Gasteiger partial charge in [-0.1, -0.05) is 34.8 Å². The maximum Gasteiger partial charge on any atom is 0.263 e. The third kappa shape index (κ3) is 3.53. The van der Waals surface area contributed by atoms with Gasteiger partial charge in [0.15, 0.2) is 11.8 Å². The largest absolute Gasteiger partial charge is 0.466 e. The molecule has 0 bridgehead atoms. The number of amides is 1. The molecule has 0 aromatic carbocycles. The Labute approximate surface area is 129 Å². The van der Waals surface area contributed by atoms with Crippen molar-refractivity contribution in [2.24, 2.45) is 7.05 Å². The summed E-state index contributed by atoms with van der Waals surface area (Å²) in [5.41, 5.74) is 0. The van der Waals surface area contributed by atoms with Crippen molar-refractivity contribution >= 4 is 46.5 Å². The van der Waals surface area contributed by atoms with Crippen LogP contribution in [-0.4, -0.2) is 27.3 Å². The number of carbonyl (C=O) groups excluding carboxylic acids is 1. The smallest absolute Gasteiger partial charge is 0.263 e. The van der Waals surface area contributed by atoms with Crippen molar-refractivity contribution in [3.05, 3.63) is 33.5 Å². The van der Waals surface area contributed by atoms with Crippen molar-refractivity contribution in [2.45, 2.75) is 0 Å². The lowest BCUT2D eigenvalue weighted by Crippen LogP contribution is -2.22. The molecule has 2 heterocycles. The number of anilines is 1. The van der Waals surface area contributed by atoms with Gasteiger partial charge in [0, 0.05) is 13.1 Å². The predicted octanol–water partition coefficient (Wildman–Crippen LogP) is 2.79. The van der Waals surface area contributed by atoms with E-state index in [1.165, 1.54) is 10.7 Å². The Hall–Kier alpha value is -1.50. The fraction of sp³-hybridized carbons (Fsp3) is 0.182. The molecule has 0 saturated heterocycles. The molecule has 6 nitrogen and oxygen atoms in total. The molecule has 0 aliphatic carbocycles. The van der Waals surface area contributed by atoms with Gasteiger partial charge in [0.25, 0.3) is 5.91 Å². The van der Waals surface area contributed by atoms with E-state index in [0.717, 1.165) is 0 Å². The number of hydrogen-bond donors (Lipinski definition) is 1. The monoisotopic (exact) mass is 334 g/mol. The van der Waals surface area contributed by atoms with E-state index in [9.17, 15) is 4.79 Å². The van der Waals surface area contributed by atoms with E-state index in [-0.39, 0.29) is 33.6 Å². The minimum Gasteiger partial charge on any atom is -0.466 e. The molecule has 0 fully saturated rings. The second-order valence-electron chi connectivity index (χ2n) is 3.72. The quantitative estimate of drug-likeness (QED) is 0.872. The zero-order chi connectivity index (χ0) is 14.7. The normalized spacial score (nSPS) is 10.4. The Morgan fingerprint density at radius 3 is 2.80 bits per heavy atom. The maximum atomic E-state index is 11.7. The highest BCUT2D eigenvalue weighted by Gasteiger charge is 2.12. The van der Waals surface area contributed by atoms with E-state index >= 15 is 0 Å². The van der Waals surface area contributed by atoms with Crippen molar-refractivity contribution in [2.75, 3.05) is 11.9 Å². The topological polar surface area (TPSA) is 69.0 Å². The fourth-order valence-electron chi connectivity index (χ4n) is 1.34. The summed E-state index contributed by atoms with van der Waals surface area (Å²) < 4.78 is 6.71. The van der Waals surface area contributed by atoms with Gasteiger partial charge in [0.1, 0.15) is 10.8 Å². The van der Waals surface area contributed by atoms with Gasteiger partial charge in [-0.2, -0.15) is 10.1 Å². The average Bonchev–Trinajstić information content (AvgIpc) is 2.78. The summed E-state index contributed by atoms with van der Waals surface area (Å²) >= 11 is 17.4. The molecule has 0 saturated carbocycles. The van der Waals surface area contributed by atoms with E-state index in [4.69, 9.17) is 39.5 Å². The van der Waals surface area contributed by atoms with Crippen molar-refractivity contribution in [3.8, 4) is 5.88 Å². The molecular formula is C11H9Cl3N4O2. The highest BCUT2D eigenvalue weighted by molar-refractivity contribution is 6.42. The molecule has 2 aromatic rings. The van der Waals surface area contributed by atoms with Crippen LogP contribution in [0.25, 0.3) is 0 Å². The van der Waals surface area contributed by atoms with Crippen LogP contribution < -0.4 is 10.1 Å². The fourth-order valence-corrected chi connectivity index (χ4v) is 1.88. The minimum atomic E-state index is -0.377. The van der Waals surface area contributed by atoms with E-state index in [1.807, 2.05) is 0 Å². The molecule has 0 unspecified atom stereocenters. The molecule has 2 rings (SSSR count). The Kier molecular flexibility index (Phi) is 4.69. The van der Waals surface area contributed by atoms with Crippen LogP contribution >= 0.6 is 34.8 Å². The molecular weight excluding hydrogens is 327 g/mol. The molecule has 9 heteroatoms. The van der Waals surface area contributed by atoms with Crippen LogP contribution in [0.1, 0.15) is 0 Å². The Morgan fingerprint density at radius 1 is 1.40 bits per heavy atom. The summed E-state index contributed by atoms with van der Waals surface area (Å²) in [5.74, 6) is 0.213.